The number of hydrogen-bond acceptors (Lipinski definition) is 2. The van der Waals surface area contributed by atoms with Crippen LogP contribution in [-0.4, -0.2) is 31.6 Å². The van der Waals surface area contributed by atoms with Crippen LogP contribution in [0.25, 0.3) is 0 Å². The molecule has 3 heteroatoms. The average Bonchev–Trinajstić information content (AvgIpc) is 1.82. The van der Waals surface area contributed by atoms with E-state index in [1.54, 1.807) is 0 Å². The van der Waals surface area contributed by atoms with Gasteiger partial charge in [0, 0.05) is 5.92 Å². The molecule has 1 N–H and O–H groups in total. The quantitative estimate of drug-likeness (QED) is 0.577. The van der Waals surface area contributed by atoms with Crippen molar-refractivity contribution in [2.75, 3.05) is 20.8 Å². The maximum Gasteiger partial charge on any atom is 0.223 e. The maximum atomic E-state index is 10.9. The number of nitrogens with one attached hydrogen (secondary N) is 1. The average molecular weight is 144 g/mol. The van der Waals surface area contributed by atoms with Crippen LogP contribution in [-0.2, 0) is 4.79 Å². The molecule has 0 aliphatic rings. The molecular weight excluding hydrogens is 128 g/mol. The lowest BCUT2D eigenvalue weighted by molar-refractivity contribution is -0.124. The van der Waals surface area contributed by atoms with Crippen molar-refractivity contribution in [3.8, 4) is 0 Å². The summed E-state index contributed by atoms with van der Waals surface area (Å²) in [5.41, 5.74) is 0. The largest absolute Gasteiger partial charge is 0.343 e. The number of rotatable bonds is 3. The smallest absolute Gasteiger partial charge is 0.223 e. The van der Waals surface area contributed by atoms with E-state index in [9.17, 15) is 4.79 Å². The number of carbonyl (C=O) groups is 1. The van der Waals surface area contributed by atoms with Crippen LogP contribution in [0.2, 0.25) is 0 Å². The van der Waals surface area contributed by atoms with Gasteiger partial charge in [0.15, 0.2) is 0 Å². The Balaban J connectivity index is 3.40. The van der Waals surface area contributed by atoms with Crippen LogP contribution in [0.4, 0.5) is 0 Å². The molecule has 0 aromatic heterocycles. The molecule has 0 aliphatic carbocycles. The molecule has 0 saturated carbocycles. The second-order valence-electron chi connectivity index (χ2n) is 2.93. The molecule has 0 saturated heterocycles. The van der Waals surface area contributed by atoms with Crippen LogP contribution in [0.1, 0.15) is 13.8 Å². The Hall–Kier alpha value is -0.570. The topological polar surface area (TPSA) is 32.3 Å². The molecule has 0 fully saturated rings. The fourth-order valence-electron chi connectivity index (χ4n) is 0.440. The molecule has 0 bridgehead atoms. The summed E-state index contributed by atoms with van der Waals surface area (Å²) >= 11 is 0. The van der Waals surface area contributed by atoms with Gasteiger partial charge in [-0.2, -0.15) is 0 Å². The first-order chi connectivity index (χ1) is 4.54. The zero-order valence-electron chi connectivity index (χ0n) is 7.14. The van der Waals surface area contributed by atoms with Crippen molar-refractivity contribution in [2.45, 2.75) is 13.8 Å². The van der Waals surface area contributed by atoms with Gasteiger partial charge >= 0.3 is 0 Å². The van der Waals surface area contributed by atoms with Gasteiger partial charge in [0.05, 0.1) is 6.67 Å². The lowest BCUT2D eigenvalue weighted by Crippen LogP contribution is -2.35. The van der Waals surface area contributed by atoms with Gasteiger partial charge < -0.3 is 5.32 Å². The highest BCUT2D eigenvalue weighted by Crippen LogP contribution is 1.89. The van der Waals surface area contributed by atoms with Crippen LogP contribution in [0, 0.1) is 5.92 Å². The third-order valence-electron chi connectivity index (χ3n) is 1.09. The zero-order chi connectivity index (χ0) is 8.15. The minimum atomic E-state index is 0.0833. The van der Waals surface area contributed by atoms with E-state index in [1.165, 1.54) is 0 Å². The summed E-state index contributed by atoms with van der Waals surface area (Å²) in [5, 5.41) is 2.77. The van der Waals surface area contributed by atoms with Gasteiger partial charge in [-0.3, -0.25) is 9.69 Å². The summed E-state index contributed by atoms with van der Waals surface area (Å²) in [5.74, 6) is 0.189. The standard InChI is InChI=1S/C7H16N2O/c1-6(2)7(10)8-5-9(3)4/h6H,5H2,1-4H3,(H,8,10). The Morgan fingerprint density at radius 2 is 2.00 bits per heavy atom. The molecule has 0 radical (unpaired) electrons. The summed E-state index contributed by atoms with van der Waals surface area (Å²) in [6.07, 6.45) is 0. The van der Waals surface area contributed by atoms with Crippen molar-refractivity contribution < 1.29 is 4.79 Å². The van der Waals surface area contributed by atoms with Crippen molar-refractivity contribution >= 4 is 5.91 Å². The van der Waals surface area contributed by atoms with E-state index in [-0.39, 0.29) is 11.8 Å². The first kappa shape index (κ1) is 9.43. The first-order valence-corrected chi connectivity index (χ1v) is 3.46. The van der Waals surface area contributed by atoms with Crippen molar-refractivity contribution in [2.24, 2.45) is 5.92 Å². The molecule has 10 heavy (non-hydrogen) atoms. The molecule has 60 valence electrons. The van der Waals surface area contributed by atoms with Gasteiger partial charge in [-0.25, -0.2) is 0 Å². The number of amides is 1. The predicted molar refractivity (Wildman–Crippen MR) is 41.5 cm³/mol. The Morgan fingerprint density at radius 1 is 1.50 bits per heavy atom. The van der Waals surface area contributed by atoms with Crippen molar-refractivity contribution in [1.29, 1.82) is 0 Å². The number of hydrogen-bond donors (Lipinski definition) is 1. The molecule has 0 aromatic rings. The Kier molecular flexibility index (Phi) is 4.03. The molecular formula is C7H16N2O. The van der Waals surface area contributed by atoms with Gasteiger partial charge in [-0.15, -0.1) is 0 Å². The third kappa shape index (κ3) is 4.32. The summed E-state index contributed by atoms with van der Waals surface area (Å²) in [4.78, 5) is 12.8. The summed E-state index contributed by atoms with van der Waals surface area (Å²) < 4.78 is 0. The van der Waals surface area contributed by atoms with Crippen molar-refractivity contribution in [3.63, 3.8) is 0 Å². The fraction of sp³-hybridized carbons (Fsp3) is 0.857. The van der Waals surface area contributed by atoms with E-state index in [4.69, 9.17) is 0 Å². The lowest BCUT2D eigenvalue weighted by atomic mass is 10.2. The van der Waals surface area contributed by atoms with E-state index in [2.05, 4.69) is 5.32 Å². The Bertz CT molecular complexity index is 110. The van der Waals surface area contributed by atoms with Crippen LogP contribution >= 0.6 is 0 Å². The minimum absolute atomic E-state index is 0.0833. The highest BCUT2D eigenvalue weighted by molar-refractivity contribution is 5.77. The van der Waals surface area contributed by atoms with Gasteiger partial charge in [0.2, 0.25) is 5.91 Å². The Labute approximate surface area is 62.4 Å². The monoisotopic (exact) mass is 144 g/mol. The van der Waals surface area contributed by atoms with Crippen LogP contribution < -0.4 is 5.32 Å². The molecule has 0 spiro atoms. The second kappa shape index (κ2) is 4.28. The SMILES string of the molecule is CC(C)C(=O)NCN(C)C. The number of nitrogens with zero attached hydrogens (tertiary/aromatic N) is 1. The molecule has 1 amide bonds. The van der Waals surface area contributed by atoms with Gasteiger partial charge in [0.25, 0.3) is 0 Å². The van der Waals surface area contributed by atoms with E-state index >= 15 is 0 Å². The first-order valence-electron chi connectivity index (χ1n) is 3.46. The van der Waals surface area contributed by atoms with E-state index in [1.807, 2.05) is 32.8 Å². The maximum absolute atomic E-state index is 10.9. The molecule has 0 aromatic carbocycles. The van der Waals surface area contributed by atoms with Gasteiger partial charge in [-0.05, 0) is 14.1 Å². The summed E-state index contributed by atoms with van der Waals surface area (Å²) in [6, 6.07) is 0. The molecule has 0 aliphatic heterocycles. The molecule has 3 nitrogen and oxygen atoms in total. The Morgan fingerprint density at radius 3 is 2.30 bits per heavy atom. The van der Waals surface area contributed by atoms with Crippen LogP contribution in [0.5, 0.6) is 0 Å². The normalized spacial score (nSPS) is 10.6. The lowest BCUT2D eigenvalue weighted by Gasteiger charge is -2.12. The van der Waals surface area contributed by atoms with E-state index in [0.717, 1.165) is 0 Å². The van der Waals surface area contributed by atoms with Gasteiger partial charge in [-0.1, -0.05) is 13.8 Å². The van der Waals surface area contributed by atoms with Crippen molar-refractivity contribution in [1.82, 2.24) is 10.2 Å². The molecule has 0 unspecified atom stereocenters. The van der Waals surface area contributed by atoms with E-state index in [0.29, 0.717) is 6.67 Å². The van der Waals surface area contributed by atoms with E-state index < -0.39 is 0 Å². The second-order valence-corrected chi connectivity index (χ2v) is 2.93. The fourth-order valence-corrected chi connectivity index (χ4v) is 0.440. The predicted octanol–water partition coefficient (Wildman–Crippen LogP) is 0.278. The highest BCUT2D eigenvalue weighted by Gasteiger charge is 2.04. The van der Waals surface area contributed by atoms with Gasteiger partial charge in [0.1, 0.15) is 0 Å². The van der Waals surface area contributed by atoms with Crippen LogP contribution in [0.3, 0.4) is 0 Å². The number of carbonyl (C=O) groups excluding carboxylic acids is 1. The molecule has 0 heterocycles. The summed E-state index contributed by atoms with van der Waals surface area (Å²) in [7, 11) is 3.83. The molecule has 0 rings (SSSR count). The highest BCUT2D eigenvalue weighted by atomic mass is 16.1. The molecule has 0 atom stereocenters. The zero-order valence-corrected chi connectivity index (χ0v) is 7.14. The third-order valence-corrected chi connectivity index (χ3v) is 1.09. The van der Waals surface area contributed by atoms with Crippen molar-refractivity contribution in [3.05, 3.63) is 0 Å². The summed E-state index contributed by atoms with van der Waals surface area (Å²) in [6.45, 7) is 4.38. The van der Waals surface area contributed by atoms with Crippen LogP contribution in [0.15, 0.2) is 0 Å². The minimum Gasteiger partial charge on any atom is -0.343 e.